The summed E-state index contributed by atoms with van der Waals surface area (Å²) in [4.78, 5) is 16.5. The second-order valence-corrected chi connectivity index (χ2v) is 9.61. The molecule has 0 spiro atoms. The van der Waals surface area contributed by atoms with Crippen molar-refractivity contribution in [3.8, 4) is 5.75 Å². The molecule has 0 aliphatic rings. The first-order chi connectivity index (χ1) is 15.8. The van der Waals surface area contributed by atoms with Gasteiger partial charge in [-0.05, 0) is 62.4 Å². The largest absolute Gasteiger partial charge is 0.489 e. The van der Waals surface area contributed by atoms with E-state index in [1.807, 2.05) is 13.8 Å². The van der Waals surface area contributed by atoms with E-state index in [9.17, 15) is 13.2 Å². The normalized spacial score (nSPS) is 11.2. The number of nitrogens with zero attached hydrogens (tertiary/aromatic N) is 2. The number of anilines is 2. The van der Waals surface area contributed by atoms with Crippen molar-refractivity contribution in [2.24, 2.45) is 0 Å². The van der Waals surface area contributed by atoms with Gasteiger partial charge in [-0.25, -0.2) is 13.4 Å². The number of carbonyl (C=O) groups excluding carboxylic acids is 1. The Bertz CT molecular complexity index is 1330. The summed E-state index contributed by atoms with van der Waals surface area (Å²) in [6.45, 7) is 3.99. The molecule has 2 heterocycles. The SMILES string of the molecule is Cc1noc(C)c1COc1ccc(C(=O)Nc2ccc(S(=O)(=O)Nc3nccs3)cc2)cc1. The maximum absolute atomic E-state index is 12.5. The van der Waals surface area contributed by atoms with Crippen molar-refractivity contribution in [2.45, 2.75) is 25.3 Å². The number of aryl methyl sites for hydroxylation is 2. The van der Waals surface area contributed by atoms with Crippen LogP contribution in [0.3, 0.4) is 0 Å². The third kappa shape index (κ3) is 5.38. The average Bonchev–Trinajstić information content (AvgIpc) is 3.42. The molecular weight excluding hydrogens is 464 g/mol. The maximum atomic E-state index is 12.5. The Morgan fingerprint density at radius 3 is 2.42 bits per heavy atom. The summed E-state index contributed by atoms with van der Waals surface area (Å²) in [5.74, 6) is 0.985. The third-order valence-corrected chi connectivity index (χ3v) is 6.93. The summed E-state index contributed by atoms with van der Waals surface area (Å²) in [5.41, 5.74) is 2.57. The lowest BCUT2D eigenvalue weighted by Gasteiger charge is -2.09. The molecule has 33 heavy (non-hydrogen) atoms. The van der Waals surface area contributed by atoms with Crippen molar-refractivity contribution in [2.75, 3.05) is 10.0 Å². The molecule has 0 radical (unpaired) electrons. The zero-order valence-electron chi connectivity index (χ0n) is 17.7. The topological polar surface area (TPSA) is 123 Å². The molecule has 0 fully saturated rings. The van der Waals surface area contributed by atoms with Crippen molar-refractivity contribution in [3.05, 3.63) is 82.7 Å². The summed E-state index contributed by atoms with van der Waals surface area (Å²) in [6, 6.07) is 12.6. The number of carbonyl (C=O) groups is 1. The first-order valence-corrected chi connectivity index (χ1v) is 12.2. The Balaban J connectivity index is 1.36. The highest BCUT2D eigenvalue weighted by molar-refractivity contribution is 7.93. The summed E-state index contributed by atoms with van der Waals surface area (Å²) < 4.78 is 38.1. The van der Waals surface area contributed by atoms with Crippen LogP contribution in [-0.4, -0.2) is 24.5 Å². The van der Waals surface area contributed by atoms with Crippen LogP contribution in [0.15, 0.2) is 69.5 Å². The van der Waals surface area contributed by atoms with Crippen molar-refractivity contribution in [1.29, 1.82) is 0 Å². The van der Waals surface area contributed by atoms with Crippen molar-refractivity contribution in [1.82, 2.24) is 10.1 Å². The molecule has 0 saturated carbocycles. The minimum atomic E-state index is -3.75. The molecule has 2 N–H and O–H groups in total. The van der Waals surface area contributed by atoms with Crippen LogP contribution < -0.4 is 14.8 Å². The van der Waals surface area contributed by atoms with Gasteiger partial charge in [0.25, 0.3) is 15.9 Å². The van der Waals surface area contributed by atoms with Gasteiger partial charge in [-0.2, -0.15) is 0 Å². The summed E-state index contributed by atoms with van der Waals surface area (Å²) in [6.07, 6.45) is 1.51. The van der Waals surface area contributed by atoms with Gasteiger partial charge in [-0.1, -0.05) is 5.16 Å². The van der Waals surface area contributed by atoms with Gasteiger partial charge in [0.1, 0.15) is 18.1 Å². The number of nitrogens with one attached hydrogen (secondary N) is 2. The molecule has 0 aliphatic carbocycles. The molecule has 1 amide bonds. The van der Waals surface area contributed by atoms with E-state index in [0.717, 1.165) is 11.3 Å². The van der Waals surface area contributed by atoms with Gasteiger partial charge in [0, 0.05) is 22.8 Å². The predicted octanol–water partition coefficient (Wildman–Crippen LogP) is 4.38. The van der Waals surface area contributed by atoms with Crippen LogP contribution in [0.5, 0.6) is 5.75 Å². The molecule has 11 heteroatoms. The number of benzene rings is 2. The molecule has 4 aromatic rings. The highest BCUT2D eigenvalue weighted by Crippen LogP contribution is 2.21. The number of amides is 1. The van der Waals surface area contributed by atoms with Crippen LogP contribution in [0.25, 0.3) is 0 Å². The molecule has 0 bridgehead atoms. The second-order valence-electron chi connectivity index (χ2n) is 7.04. The van der Waals surface area contributed by atoms with Gasteiger partial charge in [0.2, 0.25) is 0 Å². The fourth-order valence-corrected chi connectivity index (χ4v) is 4.72. The monoisotopic (exact) mass is 484 g/mol. The average molecular weight is 485 g/mol. The van der Waals surface area contributed by atoms with Gasteiger partial charge in [-0.3, -0.25) is 9.52 Å². The van der Waals surface area contributed by atoms with Crippen molar-refractivity contribution in [3.63, 3.8) is 0 Å². The molecule has 9 nitrogen and oxygen atoms in total. The zero-order chi connectivity index (χ0) is 23.4. The quantitative estimate of drug-likeness (QED) is 0.380. The number of sulfonamides is 1. The highest BCUT2D eigenvalue weighted by Gasteiger charge is 2.16. The number of hydrogen-bond donors (Lipinski definition) is 2. The van der Waals surface area contributed by atoms with Crippen molar-refractivity contribution >= 4 is 38.1 Å². The molecule has 0 unspecified atom stereocenters. The summed E-state index contributed by atoms with van der Waals surface area (Å²) >= 11 is 1.18. The van der Waals surface area contributed by atoms with Crippen LogP contribution >= 0.6 is 11.3 Å². The van der Waals surface area contributed by atoms with Gasteiger partial charge in [0.05, 0.1) is 16.2 Å². The predicted molar refractivity (Wildman–Crippen MR) is 124 cm³/mol. The fraction of sp³-hybridized carbons (Fsp3) is 0.136. The standard InChI is InChI=1S/C22H20N4O5S2/c1-14-20(15(2)31-25-14)13-30-18-7-3-16(4-8-18)21(27)24-17-5-9-19(10-6-17)33(28,29)26-22-23-11-12-32-22/h3-12H,13H2,1-2H3,(H,23,26)(H,24,27). The van der Waals surface area contributed by atoms with Gasteiger partial charge in [0.15, 0.2) is 5.13 Å². The Kier molecular flexibility index (Phi) is 6.43. The van der Waals surface area contributed by atoms with Gasteiger partial charge >= 0.3 is 0 Å². The first kappa shape index (κ1) is 22.5. The number of thiazole rings is 1. The van der Waals surface area contributed by atoms with Crippen LogP contribution in [-0.2, 0) is 16.6 Å². The minimum absolute atomic E-state index is 0.0653. The Morgan fingerprint density at radius 1 is 1.09 bits per heavy atom. The summed E-state index contributed by atoms with van der Waals surface area (Å²) in [5, 5.41) is 8.60. The number of hydrogen-bond acceptors (Lipinski definition) is 8. The van der Waals surface area contributed by atoms with Crippen LogP contribution in [0.2, 0.25) is 0 Å². The fourth-order valence-electron chi connectivity index (χ4n) is 2.93. The molecule has 4 rings (SSSR count). The summed E-state index contributed by atoms with van der Waals surface area (Å²) in [7, 11) is -3.75. The zero-order valence-corrected chi connectivity index (χ0v) is 19.4. The highest BCUT2D eigenvalue weighted by atomic mass is 32.2. The van der Waals surface area contributed by atoms with Crippen molar-refractivity contribution < 1.29 is 22.5 Å². The van der Waals surface area contributed by atoms with E-state index < -0.39 is 10.0 Å². The van der Waals surface area contributed by atoms with E-state index in [-0.39, 0.29) is 15.9 Å². The Labute approximate surface area is 194 Å². The lowest BCUT2D eigenvalue weighted by Crippen LogP contribution is -2.14. The number of aromatic nitrogens is 2. The minimum Gasteiger partial charge on any atom is -0.489 e. The van der Waals surface area contributed by atoms with E-state index in [4.69, 9.17) is 9.26 Å². The lowest BCUT2D eigenvalue weighted by atomic mass is 10.2. The van der Waals surface area contributed by atoms with E-state index in [0.29, 0.717) is 29.4 Å². The molecule has 0 saturated heterocycles. The van der Waals surface area contributed by atoms with E-state index in [2.05, 4.69) is 20.2 Å². The van der Waals surface area contributed by atoms with Crippen LogP contribution in [0.1, 0.15) is 27.4 Å². The molecule has 2 aromatic heterocycles. The molecular formula is C22H20N4O5S2. The molecule has 170 valence electrons. The Morgan fingerprint density at radius 2 is 1.82 bits per heavy atom. The number of ether oxygens (including phenoxy) is 1. The van der Waals surface area contributed by atoms with Gasteiger partial charge < -0.3 is 14.6 Å². The van der Waals surface area contributed by atoms with Crippen LogP contribution in [0.4, 0.5) is 10.8 Å². The maximum Gasteiger partial charge on any atom is 0.263 e. The van der Waals surface area contributed by atoms with Gasteiger partial charge in [-0.15, -0.1) is 11.3 Å². The van der Waals surface area contributed by atoms with E-state index in [1.165, 1.54) is 41.8 Å². The molecule has 0 atom stereocenters. The second kappa shape index (κ2) is 9.43. The molecule has 2 aromatic carbocycles. The van der Waals surface area contributed by atoms with Crippen LogP contribution in [0, 0.1) is 13.8 Å². The third-order valence-electron chi connectivity index (χ3n) is 4.76. The lowest BCUT2D eigenvalue weighted by molar-refractivity contribution is 0.102. The Hall–Kier alpha value is -3.70. The first-order valence-electron chi connectivity index (χ1n) is 9.80. The molecule has 0 aliphatic heterocycles. The van der Waals surface area contributed by atoms with E-state index >= 15 is 0 Å². The number of rotatable bonds is 8. The smallest absolute Gasteiger partial charge is 0.263 e. The van der Waals surface area contributed by atoms with E-state index in [1.54, 1.807) is 29.6 Å².